The Hall–Kier alpha value is -2.14. The smallest absolute Gasteiger partial charge is 0.257 e. The molecule has 0 fully saturated rings. The number of nitrogens with one attached hydrogen (secondary N) is 2. The number of nitrogens with zero attached hydrogens (tertiary/aromatic N) is 1. The highest BCUT2D eigenvalue weighted by molar-refractivity contribution is 6.04. The number of nitrogens with two attached hydrogens (primary N) is 1. The molecule has 2 aromatic rings. The Labute approximate surface area is 105 Å². The molecule has 0 aliphatic carbocycles. The molecule has 0 saturated carbocycles. The standard InChI is InChI=1S/C13H16N4O/c1-9-8-12(17-16-9)15-13(18)11-5-3-2-4-10(11)6-7-14/h2-5,8H,6-7,14H2,1H3,(H2,15,16,17,18). The van der Waals surface area contributed by atoms with Gasteiger partial charge in [-0.05, 0) is 31.5 Å². The molecule has 4 N–H and O–H groups in total. The molecule has 2 rings (SSSR count). The number of H-pyrrole nitrogens is 1. The molecule has 18 heavy (non-hydrogen) atoms. The molecule has 94 valence electrons. The predicted molar refractivity (Wildman–Crippen MR) is 70.5 cm³/mol. The van der Waals surface area contributed by atoms with Gasteiger partial charge in [0.15, 0.2) is 5.82 Å². The minimum Gasteiger partial charge on any atom is -0.330 e. The number of anilines is 1. The second-order valence-corrected chi connectivity index (χ2v) is 4.09. The van der Waals surface area contributed by atoms with E-state index in [1.807, 2.05) is 25.1 Å². The Balaban J connectivity index is 2.18. The third-order valence-corrected chi connectivity index (χ3v) is 2.62. The molecule has 1 heterocycles. The topological polar surface area (TPSA) is 83.8 Å². The molecule has 0 atom stereocenters. The van der Waals surface area contributed by atoms with Crippen LogP contribution in [0.3, 0.4) is 0 Å². The fraction of sp³-hybridized carbons (Fsp3) is 0.231. The molecule has 1 amide bonds. The summed E-state index contributed by atoms with van der Waals surface area (Å²) in [5, 5.41) is 9.51. The second-order valence-electron chi connectivity index (χ2n) is 4.09. The first-order chi connectivity index (χ1) is 8.70. The normalized spacial score (nSPS) is 10.3. The van der Waals surface area contributed by atoms with Crippen molar-refractivity contribution >= 4 is 11.7 Å². The number of carbonyl (C=O) groups excluding carboxylic acids is 1. The van der Waals surface area contributed by atoms with Crippen molar-refractivity contribution in [2.45, 2.75) is 13.3 Å². The van der Waals surface area contributed by atoms with Crippen molar-refractivity contribution in [1.82, 2.24) is 10.2 Å². The summed E-state index contributed by atoms with van der Waals surface area (Å²) >= 11 is 0. The summed E-state index contributed by atoms with van der Waals surface area (Å²) in [7, 11) is 0. The van der Waals surface area contributed by atoms with Crippen LogP contribution in [0, 0.1) is 6.92 Å². The third-order valence-electron chi connectivity index (χ3n) is 2.62. The van der Waals surface area contributed by atoms with Gasteiger partial charge in [-0.3, -0.25) is 9.89 Å². The van der Waals surface area contributed by atoms with Crippen LogP contribution in [0.1, 0.15) is 21.6 Å². The maximum Gasteiger partial charge on any atom is 0.257 e. The fourth-order valence-corrected chi connectivity index (χ4v) is 1.78. The number of hydrogen-bond acceptors (Lipinski definition) is 3. The van der Waals surface area contributed by atoms with Crippen molar-refractivity contribution in [3.05, 3.63) is 47.2 Å². The van der Waals surface area contributed by atoms with Crippen molar-refractivity contribution in [2.75, 3.05) is 11.9 Å². The van der Waals surface area contributed by atoms with Gasteiger partial charge in [-0.2, -0.15) is 5.10 Å². The number of benzene rings is 1. The van der Waals surface area contributed by atoms with Crippen LogP contribution in [0.5, 0.6) is 0 Å². The minimum absolute atomic E-state index is 0.162. The largest absolute Gasteiger partial charge is 0.330 e. The van der Waals surface area contributed by atoms with Crippen molar-refractivity contribution in [3.8, 4) is 0 Å². The molecule has 0 radical (unpaired) electrons. The summed E-state index contributed by atoms with van der Waals surface area (Å²) in [6.45, 7) is 2.40. The van der Waals surface area contributed by atoms with Gasteiger partial charge in [0.1, 0.15) is 0 Å². The second kappa shape index (κ2) is 5.46. The van der Waals surface area contributed by atoms with Crippen LogP contribution in [-0.2, 0) is 6.42 Å². The first-order valence-electron chi connectivity index (χ1n) is 5.82. The SMILES string of the molecule is Cc1cc(NC(=O)c2ccccc2CCN)n[nH]1. The van der Waals surface area contributed by atoms with E-state index in [4.69, 9.17) is 5.73 Å². The predicted octanol–water partition coefficient (Wildman–Crippen LogP) is 1.47. The van der Waals surface area contributed by atoms with E-state index in [9.17, 15) is 4.79 Å². The Morgan fingerprint density at radius 3 is 2.89 bits per heavy atom. The van der Waals surface area contributed by atoms with Gasteiger partial charge in [-0.25, -0.2) is 0 Å². The van der Waals surface area contributed by atoms with Gasteiger partial charge in [0, 0.05) is 17.3 Å². The number of carbonyl (C=O) groups is 1. The van der Waals surface area contributed by atoms with Crippen LogP contribution >= 0.6 is 0 Å². The molecule has 0 aliphatic rings. The van der Waals surface area contributed by atoms with E-state index in [0.29, 0.717) is 24.3 Å². The van der Waals surface area contributed by atoms with E-state index >= 15 is 0 Å². The third kappa shape index (κ3) is 2.75. The summed E-state index contributed by atoms with van der Waals surface area (Å²) in [6, 6.07) is 9.23. The van der Waals surface area contributed by atoms with Gasteiger partial charge < -0.3 is 11.1 Å². The lowest BCUT2D eigenvalue weighted by Crippen LogP contribution is -2.16. The lowest BCUT2D eigenvalue weighted by Gasteiger charge is -2.07. The first-order valence-corrected chi connectivity index (χ1v) is 5.82. The zero-order valence-electron chi connectivity index (χ0n) is 10.2. The lowest BCUT2D eigenvalue weighted by atomic mass is 10.0. The van der Waals surface area contributed by atoms with Crippen LogP contribution < -0.4 is 11.1 Å². The molecule has 5 heteroatoms. The summed E-state index contributed by atoms with van der Waals surface area (Å²) in [5.74, 6) is 0.366. The summed E-state index contributed by atoms with van der Waals surface area (Å²) in [6.07, 6.45) is 0.684. The van der Waals surface area contributed by atoms with Crippen molar-refractivity contribution in [3.63, 3.8) is 0 Å². The average Bonchev–Trinajstić information content (AvgIpc) is 2.76. The first kappa shape index (κ1) is 12.3. The molecule has 0 saturated heterocycles. The van der Waals surface area contributed by atoms with Gasteiger partial charge in [0.2, 0.25) is 0 Å². The van der Waals surface area contributed by atoms with E-state index in [1.54, 1.807) is 12.1 Å². The average molecular weight is 244 g/mol. The Morgan fingerprint density at radius 1 is 1.44 bits per heavy atom. The van der Waals surface area contributed by atoms with Crippen molar-refractivity contribution in [1.29, 1.82) is 0 Å². The Morgan fingerprint density at radius 2 is 2.22 bits per heavy atom. The number of hydrogen-bond donors (Lipinski definition) is 3. The lowest BCUT2D eigenvalue weighted by molar-refractivity contribution is 0.102. The molecule has 0 bridgehead atoms. The Bertz CT molecular complexity index is 547. The number of aromatic amines is 1. The maximum absolute atomic E-state index is 12.1. The highest BCUT2D eigenvalue weighted by Crippen LogP contribution is 2.12. The summed E-state index contributed by atoms with van der Waals surface area (Å²) in [4.78, 5) is 12.1. The van der Waals surface area contributed by atoms with Gasteiger partial charge in [-0.1, -0.05) is 18.2 Å². The number of aromatic nitrogens is 2. The molecule has 1 aromatic heterocycles. The monoisotopic (exact) mass is 244 g/mol. The molecule has 1 aromatic carbocycles. The number of rotatable bonds is 4. The van der Waals surface area contributed by atoms with E-state index in [0.717, 1.165) is 11.3 Å². The molecular weight excluding hydrogens is 228 g/mol. The van der Waals surface area contributed by atoms with Crippen LogP contribution in [0.25, 0.3) is 0 Å². The van der Waals surface area contributed by atoms with E-state index in [-0.39, 0.29) is 5.91 Å². The van der Waals surface area contributed by atoms with E-state index in [2.05, 4.69) is 15.5 Å². The van der Waals surface area contributed by atoms with Crippen LogP contribution in [0.2, 0.25) is 0 Å². The fourth-order valence-electron chi connectivity index (χ4n) is 1.78. The molecule has 0 aliphatic heterocycles. The minimum atomic E-state index is -0.162. The van der Waals surface area contributed by atoms with Crippen LogP contribution in [0.15, 0.2) is 30.3 Å². The molecule has 5 nitrogen and oxygen atoms in total. The summed E-state index contributed by atoms with van der Waals surface area (Å²) in [5.41, 5.74) is 8.03. The molecule has 0 unspecified atom stereocenters. The van der Waals surface area contributed by atoms with Crippen molar-refractivity contribution in [2.24, 2.45) is 5.73 Å². The molecular formula is C13H16N4O. The van der Waals surface area contributed by atoms with E-state index in [1.165, 1.54) is 0 Å². The van der Waals surface area contributed by atoms with Gasteiger partial charge in [0.05, 0.1) is 0 Å². The zero-order valence-corrected chi connectivity index (χ0v) is 10.2. The van der Waals surface area contributed by atoms with Crippen molar-refractivity contribution < 1.29 is 4.79 Å². The van der Waals surface area contributed by atoms with Gasteiger partial charge >= 0.3 is 0 Å². The van der Waals surface area contributed by atoms with Crippen LogP contribution in [-0.4, -0.2) is 22.6 Å². The number of aryl methyl sites for hydroxylation is 1. The van der Waals surface area contributed by atoms with E-state index < -0.39 is 0 Å². The Kier molecular flexibility index (Phi) is 3.74. The highest BCUT2D eigenvalue weighted by atomic mass is 16.1. The maximum atomic E-state index is 12.1. The highest BCUT2D eigenvalue weighted by Gasteiger charge is 2.11. The zero-order chi connectivity index (χ0) is 13.0. The quantitative estimate of drug-likeness (QED) is 0.761. The van der Waals surface area contributed by atoms with Gasteiger partial charge in [0.25, 0.3) is 5.91 Å². The van der Waals surface area contributed by atoms with Crippen LogP contribution in [0.4, 0.5) is 5.82 Å². The molecule has 0 spiro atoms. The summed E-state index contributed by atoms with van der Waals surface area (Å²) < 4.78 is 0. The number of amides is 1. The van der Waals surface area contributed by atoms with Gasteiger partial charge in [-0.15, -0.1) is 0 Å².